The van der Waals surface area contributed by atoms with Crippen LogP contribution in [0.15, 0.2) is 24.3 Å². The maximum absolute atomic E-state index is 12.9. The Morgan fingerprint density at radius 2 is 2.05 bits per heavy atom. The molecule has 1 unspecified atom stereocenters. The average Bonchev–Trinajstić information content (AvgIpc) is 2.69. The zero-order chi connectivity index (χ0) is 14.0. The van der Waals surface area contributed by atoms with Gasteiger partial charge in [-0.1, -0.05) is 0 Å². The van der Waals surface area contributed by atoms with Crippen LogP contribution in [0.25, 0.3) is 0 Å². The summed E-state index contributed by atoms with van der Waals surface area (Å²) >= 11 is 0. The van der Waals surface area contributed by atoms with Crippen molar-refractivity contribution in [3.05, 3.63) is 35.6 Å². The Balaban J connectivity index is 2.23. The Bertz CT molecular complexity index is 505. The number of halogens is 1. The van der Waals surface area contributed by atoms with Gasteiger partial charge in [0.15, 0.2) is 5.78 Å². The van der Waals surface area contributed by atoms with Gasteiger partial charge in [0, 0.05) is 14.4 Å². The third-order valence-electron chi connectivity index (χ3n) is 3.32. The van der Waals surface area contributed by atoms with Crippen molar-refractivity contribution in [3.8, 4) is 0 Å². The molecule has 1 saturated heterocycles. The summed E-state index contributed by atoms with van der Waals surface area (Å²) < 4.78 is 18.1. The highest BCUT2D eigenvalue weighted by Crippen LogP contribution is 2.36. The topological polar surface area (TPSA) is 46.6 Å². The van der Waals surface area contributed by atoms with Crippen molar-refractivity contribution in [2.45, 2.75) is 13.3 Å². The lowest BCUT2D eigenvalue weighted by Crippen LogP contribution is -2.37. The van der Waals surface area contributed by atoms with Crippen LogP contribution in [0.1, 0.15) is 23.7 Å². The molecule has 1 heterocycles. The Labute approximate surface area is 112 Å². The molecule has 1 aliphatic heterocycles. The van der Waals surface area contributed by atoms with E-state index in [9.17, 15) is 14.0 Å². The van der Waals surface area contributed by atoms with Crippen LogP contribution in [-0.2, 0) is 9.42 Å². The third-order valence-corrected chi connectivity index (χ3v) is 3.73. The molecule has 1 aromatic carbocycles. The van der Waals surface area contributed by atoms with Crippen molar-refractivity contribution in [1.82, 2.24) is 5.06 Å². The number of hydroxylamine groups is 2. The van der Waals surface area contributed by atoms with E-state index in [2.05, 4.69) is 0 Å². The summed E-state index contributed by atoms with van der Waals surface area (Å²) in [5.41, 5.74) is -0.768. The molecule has 2 atom stereocenters. The highest BCUT2D eigenvalue weighted by molar-refractivity contribution is 7.31. The van der Waals surface area contributed by atoms with Gasteiger partial charge in [0.25, 0.3) is 5.91 Å². The summed E-state index contributed by atoms with van der Waals surface area (Å²) in [6.07, 6.45) is 0.409. The molecule has 0 bridgehead atoms. The van der Waals surface area contributed by atoms with Crippen LogP contribution in [0.5, 0.6) is 0 Å². The van der Waals surface area contributed by atoms with Crippen LogP contribution in [-0.4, -0.2) is 30.0 Å². The first-order chi connectivity index (χ1) is 8.99. The van der Waals surface area contributed by atoms with Gasteiger partial charge in [-0.05, 0) is 44.3 Å². The molecular weight excluding hydrogens is 268 g/mol. The first-order valence-corrected chi connectivity index (χ1v) is 7.36. The zero-order valence-corrected chi connectivity index (χ0v) is 11.8. The largest absolute Gasteiger partial charge is 0.293 e. The van der Waals surface area contributed by atoms with E-state index in [0.29, 0.717) is 18.5 Å². The second kappa shape index (κ2) is 5.35. The standard InChI is InChI=1S/C13H15FNO3P/c1-13(7-8-15(12(13)17)18-19-2)11(16)9-3-5-10(14)6-4-9/h3-6,19H,7-8H2,1-2H3/t13-/m0/s1. The molecule has 102 valence electrons. The van der Waals surface area contributed by atoms with Crippen LogP contribution in [0, 0.1) is 11.2 Å². The SMILES string of the molecule is CPON1CC[C@@](C)(C(=O)c2ccc(F)cc2)C1=O. The van der Waals surface area contributed by atoms with Gasteiger partial charge < -0.3 is 0 Å². The number of ketones is 1. The summed E-state index contributed by atoms with van der Waals surface area (Å²) in [7, 11) is 0.156. The maximum atomic E-state index is 12.9. The fourth-order valence-electron chi connectivity index (χ4n) is 2.14. The summed E-state index contributed by atoms with van der Waals surface area (Å²) in [4.78, 5) is 24.6. The highest BCUT2D eigenvalue weighted by atomic mass is 31.1. The summed E-state index contributed by atoms with van der Waals surface area (Å²) in [6, 6.07) is 5.25. The predicted molar refractivity (Wildman–Crippen MR) is 70.5 cm³/mol. The molecule has 0 aromatic heterocycles. The van der Waals surface area contributed by atoms with Crippen molar-refractivity contribution >= 4 is 20.5 Å². The van der Waals surface area contributed by atoms with Gasteiger partial charge in [-0.25, -0.2) is 9.45 Å². The fraction of sp³-hybridized carbons (Fsp3) is 0.385. The number of Topliss-reactive ketones (excluding diaryl/α,β-unsaturated/α-hetero) is 1. The molecule has 6 heteroatoms. The number of benzene rings is 1. The van der Waals surface area contributed by atoms with Gasteiger partial charge in [-0.2, -0.15) is 0 Å². The van der Waals surface area contributed by atoms with E-state index in [1.165, 1.54) is 29.3 Å². The van der Waals surface area contributed by atoms with Crippen molar-refractivity contribution in [2.24, 2.45) is 5.41 Å². The quantitative estimate of drug-likeness (QED) is 0.484. The van der Waals surface area contributed by atoms with E-state index >= 15 is 0 Å². The van der Waals surface area contributed by atoms with E-state index in [1.807, 2.05) is 6.66 Å². The van der Waals surface area contributed by atoms with Gasteiger partial charge in [0.2, 0.25) is 0 Å². The fourth-order valence-corrected chi connectivity index (χ4v) is 2.53. The molecule has 1 aromatic rings. The van der Waals surface area contributed by atoms with Crippen molar-refractivity contribution < 1.29 is 18.6 Å². The molecule has 0 aliphatic carbocycles. The predicted octanol–water partition coefficient (Wildman–Crippen LogP) is 2.40. The maximum Gasteiger partial charge on any atom is 0.260 e. The summed E-state index contributed by atoms with van der Waals surface area (Å²) in [5, 5.41) is 1.25. The minimum Gasteiger partial charge on any atom is -0.293 e. The molecule has 19 heavy (non-hydrogen) atoms. The lowest BCUT2D eigenvalue weighted by molar-refractivity contribution is -0.153. The number of hydrogen-bond acceptors (Lipinski definition) is 3. The van der Waals surface area contributed by atoms with Gasteiger partial charge >= 0.3 is 0 Å². The van der Waals surface area contributed by atoms with Crippen molar-refractivity contribution in [3.63, 3.8) is 0 Å². The van der Waals surface area contributed by atoms with E-state index in [4.69, 9.17) is 4.62 Å². The van der Waals surface area contributed by atoms with Crippen LogP contribution in [0.3, 0.4) is 0 Å². The number of nitrogens with zero attached hydrogens (tertiary/aromatic N) is 1. The molecule has 1 aliphatic rings. The number of hydrogen-bond donors (Lipinski definition) is 0. The second-order valence-electron chi connectivity index (χ2n) is 4.62. The molecule has 2 rings (SSSR count). The third kappa shape index (κ3) is 2.53. The Hall–Kier alpha value is -1.32. The molecule has 0 spiro atoms. The summed E-state index contributed by atoms with van der Waals surface area (Å²) in [6.45, 7) is 3.83. The smallest absolute Gasteiger partial charge is 0.260 e. The Morgan fingerprint density at radius 3 is 2.63 bits per heavy atom. The minimum atomic E-state index is -1.11. The molecule has 4 nitrogen and oxygen atoms in total. The normalized spacial score (nSPS) is 23.5. The number of rotatable bonds is 4. The molecule has 0 radical (unpaired) electrons. The first-order valence-electron chi connectivity index (χ1n) is 5.95. The van der Waals surface area contributed by atoms with Gasteiger partial charge in [-0.15, -0.1) is 0 Å². The molecule has 1 amide bonds. The van der Waals surface area contributed by atoms with E-state index in [-0.39, 0.29) is 20.5 Å². The molecule has 0 saturated carbocycles. The molecule has 0 N–H and O–H groups in total. The number of carbonyl (C=O) groups excluding carboxylic acids is 2. The minimum absolute atomic E-state index is 0.156. The van der Waals surface area contributed by atoms with Crippen LogP contribution in [0.4, 0.5) is 4.39 Å². The van der Waals surface area contributed by atoms with Crippen LogP contribution < -0.4 is 0 Å². The van der Waals surface area contributed by atoms with Crippen molar-refractivity contribution in [1.29, 1.82) is 0 Å². The summed E-state index contributed by atoms with van der Waals surface area (Å²) in [5.74, 6) is -1.02. The van der Waals surface area contributed by atoms with E-state index in [0.717, 1.165) is 0 Å². The van der Waals surface area contributed by atoms with Gasteiger partial charge in [0.05, 0.1) is 6.54 Å². The first kappa shape index (κ1) is 14.1. The van der Waals surface area contributed by atoms with Crippen LogP contribution >= 0.6 is 8.81 Å². The highest BCUT2D eigenvalue weighted by Gasteiger charge is 2.49. The van der Waals surface area contributed by atoms with Crippen molar-refractivity contribution in [2.75, 3.05) is 13.2 Å². The van der Waals surface area contributed by atoms with Gasteiger partial charge in [0.1, 0.15) is 11.2 Å². The second-order valence-corrected chi connectivity index (χ2v) is 5.21. The monoisotopic (exact) mass is 283 g/mol. The zero-order valence-electron chi connectivity index (χ0n) is 10.8. The van der Waals surface area contributed by atoms with E-state index < -0.39 is 11.2 Å². The number of amides is 1. The molecular formula is C13H15FNO3P. The van der Waals surface area contributed by atoms with E-state index in [1.54, 1.807) is 6.92 Å². The lowest BCUT2D eigenvalue weighted by atomic mass is 9.81. The number of carbonyl (C=O) groups is 2. The van der Waals surface area contributed by atoms with Crippen LogP contribution in [0.2, 0.25) is 0 Å². The lowest BCUT2D eigenvalue weighted by Gasteiger charge is -2.21. The average molecular weight is 283 g/mol. The van der Waals surface area contributed by atoms with Gasteiger partial charge in [-0.3, -0.25) is 14.2 Å². The Kier molecular flexibility index (Phi) is 3.97. The molecule has 1 fully saturated rings. The Morgan fingerprint density at radius 1 is 1.42 bits per heavy atom.